The zero-order valence-electron chi connectivity index (χ0n) is 43.1. The average Bonchev–Trinajstić information content (AvgIpc) is 3.95. The van der Waals surface area contributed by atoms with E-state index in [1.807, 2.05) is 0 Å². The van der Waals surface area contributed by atoms with Gasteiger partial charge in [0.1, 0.15) is 60.3 Å². The Balaban J connectivity index is 1.69. The number of unbranched alkanes of at least 4 members (excludes halogenated alkanes) is 5. The van der Waals surface area contributed by atoms with Crippen LogP contribution in [0.15, 0.2) is 24.3 Å². The highest BCUT2D eigenvalue weighted by molar-refractivity contribution is 5.98. The van der Waals surface area contributed by atoms with Crippen LogP contribution in [0.2, 0.25) is 0 Å². The van der Waals surface area contributed by atoms with Gasteiger partial charge in [-0.15, -0.1) is 0 Å². The van der Waals surface area contributed by atoms with Crippen LogP contribution in [0.3, 0.4) is 0 Å². The van der Waals surface area contributed by atoms with Crippen molar-refractivity contribution in [1.29, 1.82) is 0 Å². The number of phenols is 1. The summed E-state index contributed by atoms with van der Waals surface area (Å²) in [6.07, 6.45) is -10.2. The molecule has 1 unspecified atom stereocenters. The van der Waals surface area contributed by atoms with E-state index in [4.69, 9.17) is 5.73 Å². The predicted octanol–water partition coefficient (Wildman–Crippen LogP) is -3.34. The van der Waals surface area contributed by atoms with E-state index in [0.717, 1.165) is 74.6 Å². The summed E-state index contributed by atoms with van der Waals surface area (Å²) in [5, 5.41) is 110. The van der Waals surface area contributed by atoms with E-state index < -0.39 is 165 Å². The molecular weight excluding hydrogens is 985 g/mol. The van der Waals surface area contributed by atoms with Crippen molar-refractivity contribution in [3.8, 4) is 5.75 Å². The number of benzene rings is 1. The highest BCUT2D eigenvalue weighted by Crippen LogP contribution is 2.27. The van der Waals surface area contributed by atoms with Gasteiger partial charge in [-0.1, -0.05) is 77.8 Å². The third kappa shape index (κ3) is 17.8. The Morgan fingerprint density at radius 1 is 0.720 bits per heavy atom. The van der Waals surface area contributed by atoms with E-state index in [-0.39, 0.29) is 24.2 Å². The molecule has 25 heteroatoms. The van der Waals surface area contributed by atoms with E-state index >= 15 is 0 Å². The lowest BCUT2D eigenvalue weighted by Gasteiger charge is -2.34. The first-order chi connectivity index (χ1) is 35.3. The normalized spacial score (nSPS) is 29.0. The highest BCUT2D eigenvalue weighted by Gasteiger charge is 2.49. The summed E-state index contributed by atoms with van der Waals surface area (Å²) in [6, 6.07) is -7.37. The standard InChI is InChI=1S/C50H80N8O17/c1-5-25(2)20-26(3)12-10-8-6-7-9-11-13-37(66)52-31-22-35(64)46(71)56-48(73)41-33(62)18-19-57(41)50(75)39(34(63)23-36(51)65)54-47(72)40(43(68)42(67)28-14-16-29(60)17-15-28)55-45(70)32-21-30(61)24-58(32)49(74)38(27(4)59)53-44(31)69/h14-17,25-27,30-35,38-43,46,59-64,67-68,71H,5-13,18-24H2,1-4H3,(H2,51,65)(H,52,66)(H,53,69)(H,54,72)(H,55,70)(H,56,73)/t25-,26+,27?,30-,31-,32-,33+,34+,35+,38-,39-,40-,41-,42-,43-,46+/m0/s1. The minimum atomic E-state index is -2.36. The lowest BCUT2D eigenvalue weighted by atomic mass is 9.91. The van der Waals surface area contributed by atoms with Crippen molar-refractivity contribution in [2.24, 2.45) is 17.6 Å². The van der Waals surface area contributed by atoms with Crippen molar-refractivity contribution >= 4 is 47.3 Å². The van der Waals surface area contributed by atoms with Crippen LogP contribution >= 0.6 is 0 Å². The number of carbonyl (C=O) groups is 8. The number of nitrogens with one attached hydrogen (secondary N) is 5. The number of aliphatic hydroxyl groups is 8. The van der Waals surface area contributed by atoms with Gasteiger partial charge >= 0.3 is 0 Å². The van der Waals surface area contributed by atoms with Crippen LogP contribution in [0.25, 0.3) is 0 Å². The largest absolute Gasteiger partial charge is 0.508 e. The van der Waals surface area contributed by atoms with Gasteiger partial charge in [0.05, 0.1) is 30.8 Å². The molecule has 0 aromatic heterocycles. The minimum Gasteiger partial charge on any atom is -0.508 e. The Morgan fingerprint density at radius 3 is 1.95 bits per heavy atom. The molecule has 3 saturated heterocycles. The van der Waals surface area contributed by atoms with Gasteiger partial charge in [0.2, 0.25) is 47.3 Å². The van der Waals surface area contributed by atoms with Crippen LogP contribution < -0.4 is 32.3 Å². The van der Waals surface area contributed by atoms with Crippen LogP contribution in [-0.2, 0) is 38.4 Å². The molecule has 3 aliphatic rings. The fourth-order valence-electron chi connectivity index (χ4n) is 9.79. The lowest BCUT2D eigenvalue weighted by Crippen LogP contribution is -2.64. The molecule has 422 valence electrons. The number of aromatic hydroxyl groups is 1. The van der Waals surface area contributed by atoms with Crippen LogP contribution in [-0.4, -0.2) is 195 Å². The smallest absolute Gasteiger partial charge is 0.248 e. The van der Waals surface area contributed by atoms with Crippen molar-refractivity contribution in [3.63, 3.8) is 0 Å². The van der Waals surface area contributed by atoms with Gasteiger partial charge in [0.25, 0.3) is 0 Å². The third-order valence-corrected chi connectivity index (χ3v) is 14.3. The zero-order chi connectivity index (χ0) is 55.8. The van der Waals surface area contributed by atoms with Crippen LogP contribution in [0.5, 0.6) is 5.75 Å². The number of aliphatic hydroxyl groups excluding tert-OH is 8. The van der Waals surface area contributed by atoms with E-state index in [1.165, 1.54) is 6.42 Å². The Kier molecular flexibility index (Phi) is 24.1. The summed E-state index contributed by atoms with van der Waals surface area (Å²) in [5.41, 5.74) is 5.21. The van der Waals surface area contributed by atoms with Crippen LogP contribution in [0.4, 0.5) is 0 Å². The van der Waals surface area contributed by atoms with Crippen molar-refractivity contribution in [2.45, 2.75) is 203 Å². The molecule has 25 nitrogen and oxygen atoms in total. The first-order valence-corrected chi connectivity index (χ1v) is 26.0. The minimum absolute atomic E-state index is 0.0795. The lowest BCUT2D eigenvalue weighted by molar-refractivity contribution is -0.149. The molecule has 0 bridgehead atoms. The number of hydrogen-bond donors (Lipinski definition) is 15. The van der Waals surface area contributed by atoms with Crippen molar-refractivity contribution in [3.05, 3.63) is 29.8 Å². The second-order valence-corrected chi connectivity index (χ2v) is 20.6. The summed E-state index contributed by atoms with van der Waals surface area (Å²) in [6.45, 7) is 6.76. The molecule has 0 radical (unpaired) electrons. The SMILES string of the molecule is CC[C@H](C)C[C@H](C)CCCCCCCCC(=O)N[C@H]1C[C@@H](O)[C@@H](O)NC(=O)[C@@H]2[C@H](O)CCN2C(=O)[C@H]([C@H](O)CC(N)=O)NC(=O)[C@H]([C@H](O)[C@@H](O)c2ccc(O)cc2)NC(=O)[C@@H]2C[C@H](O)CN2C(=O)[C@H](C(C)O)NC1=O. The number of primary amides is 1. The number of amides is 8. The molecule has 1 aromatic rings. The van der Waals surface area contributed by atoms with Crippen molar-refractivity contribution < 1.29 is 84.3 Å². The Morgan fingerprint density at radius 2 is 1.32 bits per heavy atom. The molecule has 3 aliphatic heterocycles. The summed E-state index contributed by atoms with van der Waals surface area (Å²) >= 11 is 0. The van der Waals surface area contributed by atoms with Gasteiger partial charge < -0.3 is 88.1 Å². The van der Waals surface area contributed by atoms with Gasteiger partial charge in [-0.3, -0.25) is 38.4 Å². The third-order valence-electron chi connectivity index (χ3n) is 14.3. The van der Waals surface area contributed by atoms with Crippen LogP contribution in [0, 0.1) is 11.8 Å². The Hall–Kier alpha value is -5.54. The van der Waals surface area contributed by atoms with Gasteiger partial charge in [-0.05, 0) is 55.7 Å². The number of nitrogens with two attached hydrogens (primary N) is 1. The molecular formula is C50H80N8O17. The predicted molar refractivity (Wildman–Crippen MR) is 265 cm³/mol. The second-order valence-electron chi connectivity index (χ2n) is 20.6. The number of carbonyl (C=O) groups excluding carboxylic acids is 8. The second kappa shape index (κ2) is 29.1. The average molecular weight is 1070 g/mol. The molecule has 8 amide bonds. The highest BCUT2D eigenvalue weighted by atomic mass is 16.3. The maximum Gasteiger partial charge on any atom is 0.248 e. The Bertz CT molecular complexity index is 2100. The maximum absolute atomic E-state index is 14.4. The molecule has 16 N–H and O–H groups in total. The first-order valence-electron chi connectivity index (χ1n) is 26.0. The number of rotatable bonds is 20. The molecule has 75 heavy (non-hydrogen) atoms. The Labute approximate surface area is 436 Å². The summed E-state index contributed by atoms with van der Waals surface area (Å²) in [7, 11) is 0. The van der Waals surface area contributed by atoms with E-state index in [2.05, 4.69) is 47.4 Å². The van der Waals surface area contributed by atoms with Gasteiger partial charge in [0.15, 0.2) is 6.23 Å². The fraction of sp³-hybridized carbons (Fsp3) is 0.720. The fourth-order valence-corrected chi connectivity index (χ4v) is 9.79. The summed E-state index contributed by atoms with van der Waals surface area (Å²) in [5.74, 6) is -8.59. The number of hydrogen-bond acceptors (Lipinski definition) is 17. The van der Waals surface area contributed by atoms with E-state index in [0.29, 0.717) is 29.6 Å². The maximum atomic E-state index is 14.4. The molecule has 3 fully saturated rings. The molecule has 4 rings (SSSR count). The molecule has 3 heterocycles. The quantitative estimate of drug-likeness (QED) is 0.0568. The molecule has 1 aromatic carbocycles. The zero-order valence-corrected chi connectivity index (χ0v) is 43.1. The van der Waals surface area contributed by atoms with Crippen molar-refractivity contribution in [2.75, 3.05) is 13.1 Å². The van der Waals surface area contributed by atoms with Gasteiger partial charge in [0, 0.05) is 32.4 Å². The topological polar surface area (TPSA) is 411 Å². The molecule has 16 atom stereocenters. The first kappa shape index (κ1) is 62.0. The van der Waals surface area contributed by atoms with Gasteiger partial charge in [-0.2, -0.15) is 0 Å². The van der Waals surface area contributed by atoms with Crippen LogP contribution in [0.1, 0.15) is 129 Å². The monoisotopic (exact) mass is 1060 g/mol. The number of phenolic OH excluding ortho intramolecular Hbond substituents is 1. The molecule has 0 saturated carbocycles. The van der Waals surface area contributed by atoms with Gasteiger partial charge in [-0.25, -0.2) is 0 Å². The van der Waals surface area contributed by atoms with Crippen molar-refractivity contribution in [1.82, 2.24) is 36.4 Å². The van der Waals surface area contributed by atoms with E-state index in [1.54, 1.807) is 0 Å². The molecule has 0 aliphatic carbocycles. The number of nitrogens with zero attached hydrogens (tertiary/aromatic N) is 2. The summed E-state index contributed by atoms with van der Waals surface area (Å²) in [4.78, 5) is 112. The summed E-state index contributed by atoms with van der Waals surface area (Å²) < 4.78 is 0. The van der Waals surface area contributed by atoms with E-state index in [9.17, 15) is 84.3 Å². The number of fused-ring (bicyclic) bond motifs is 2. The molecule has 0 spiro atoms.